The summed E-state index contributed by atoms with van der Waals surface area (Å²) in [6.07, 6.45) is 9.97. The topological polar surface area (TPSA) is 46.6 Å². The molecule has 0 N–H and O–H groups in total. The van der Waals surface area contributed by atoms with E-state index in [9.17, 15) is 9.59 Å². The Kier molecular flexibility index (Phi) is 6.27. The third kappa shape index (κ3) is 5.22. The van der Waals surface area contributed by atoms with Crippen molar-refractivity contribution in [1.82, 2.24) is 4.90 Å². The first-order valence-electron chi connectivity index (χ1n) is 6.57. The number of rotatable bonds is 8. The van der Waals surface area contributed by atoms with Crippen molar-refractivity contribution in [3.63, 3.8) is 0 Å². The van der Waals surface area contributed by atoms with Crippen LogP contribution in [0.4, 0.5) is 0 Å². The molecule has 0 radical (unpaired) electrons. The molecule has 4 heteroatoms. The predicted molar refractivity (Wildman–Crippen MR) is 68.7 cm³/mol. The van der Waals surface area contributed by atoms with Gasteiger partial charge in [0.05, 0.1) is 6.61 Å². The van der Waals surface area contributed by atoms with Gasteiger partial charge in [0.15, 0.2) is 0 Å². The van der Waals surface area contributed by atoms with Crippen molar-refractivity contribution in [3.8, 4) is 12.3 Å². The van der Waals surface area contributed by atoms with Crippen LogP contribution in [0.3, 0.4) is 0 Å². The maximum Gasteiger partial charge on any atom is 0.325 e. The maximum absolute atomic E-state index is 12.0. The van der Waals surface area contributed by atoms with Crippen molar-refractivity contribution < 1.29 is 14.3 Å². The molecule has 0 spiro atoms. The molecule has 1 fully saturated rings. The summed E-state index contributed by atoms with van der Waals surface area (Å²) in [5.41, 5.74) is 0. The lowest BCUT2D eigenvalue weighted by atomic mass is 10.2. The van der Waals surface area contributed by atoms with Gasteiger partial charge in [-0.1, -0.05) is 0 Å². The van der Waals surface area contributed by atoms with Crippen molar-refractivity contribution in [2.75, 3.05) is 13.2 Å². The molecule has 0 aromatic carbocycles. The molecule has 18 heavy (non-hydrogen) atoms. The molecule has 1 amide bonds. The summed E-state index contributed by atoms with van der Waals surface area (Å²) in [6.45, 7) is 2.21. The zero-order valence-electron chi connectivity index (χ0n) is 11.0. The lowest BCUT2D eigenvalue weighted by Crippen LogP contribution is -2.38. The summed E-state index contributed by atoms with van der Waals surface area (Å²) in [7, 11) is 0. The average molecular weight is 251 g/mol. The quantitative estimate of drug-likeness (QED) is 0.375. The van der Waals surface area contributed by atoms with Gasteiger partial charge in [-0.15, -0.1) is 12.3 Å². The molecule has 0 atom stereocenters. The summed E-state index contributed by atoms with van der Waals surface area (Å²) in [5.74, 6) is 2.28. The standard InChI is InChI=1S/C14H21NO3/c1-3-5-6-7-8-13(16)15(12-9-10-12)11-14(17)18-4-2/h1,12H,4-11H2,2H3. The van der Waals surface area contributed by atoms with Gasteiger partial charge in [0.25, 0.3) is 0 Å². The molecule has 1 aliphatic carbocycles. The molecular formula is C14H21NO3. The lowest BCUT2D eigenvalue weighted by Gasteiger charge is -2.21. The van der Waals surface area contributed by atoms with E-state index in [0.29, 0.717) is 19.4 Å². The second-order valence-corrected chi connectivity index (χ2v) is 4.47. The number of carbonyl (C=O) groups excluding carboxylic acids is 2. The summed E-state index contributed by atoms with van der Waals surface area (Å²) in [6, 6.07) is 0.245. The van der Waals surface area contributed by atoms with Crippen LogP contribution in [-0.2, 0) is 14.3 Å². The van der Waals surface area contributed by atoms with Crippen LogP contribution in [-0.4, -0.2) is 36.0 Å². The number of nitrogens with zero attached hydrogens (tertiary/aromatic N) is 1. The van der Waals surface area contributed by atoms with Gasteiger partial charge in [-0.3, -0.25) is 9.59 Å². The average Bonchev–Trinajstić information content (AvgIpc) is 3.16. The minimum Gasteiger partial charge on any atom is -0.465 e. The van der Waals surface area contributed by atoms with Gasteiger partial charge in [-0.05, 0) is 32.6 Å². The monoisotopic (exact) mass is 251 g/mol. The molecular weight excluding hydrogens is 230 g/mol. The van der Waals surface area contributed by atoms with Crippen LogP contribution < -0.4 is 0 Å². The summed E-state index contributed by atoms with van der Waals surface area (Å²) >= 11 is 0. The molecule has 0 aliphatic heterocycles. The van der Waals surface area contributed by atoms with Gasteiger partial charge in [0, 0.05) is 18.9 Å². The van der Waals surface area contributed by atoms with Crippen molar-refractivity contribution >= 4 is 11.9 Å². The fraction of sp³-hybridized carbons (Fsp3) is 0.714. The highest BCUT2D eigenvalue weighted by atomic mass is 16.5. The van der Waals surface area contributed by atoms with Crippen LogP contribution in [0.1, 0.15) is 45.4 Å². The third-order valence-corrected chi connectivity index (χ3v) is 2.87. The lowest BCUT2D eigenvalue weighted by molar-refractivity contribution is -0.149. The Morgan fingerprint density at radius 1 is 1.39 bits per heavy atom. The number of terminal acetylenes is 1. The van der Waals surface area contributed by atoms with E-state index in [-0.39, 0.29) is 24.5 Å². The van der Waals surface area contributed by atoms with E-state index in [1.54, 1.807) is 11.8 Å². The first-order chi connectivity index (χ1) is 8.69. The number of hydrogen-bond donors (Lipinski definition) is 0. The fourth-order valence-corrected chi connectivity index (χ4v) is 1.80. The second kappa shape index (κ2) is 7.75. The second-order valence-electron chi connectivity index (χ2n) is 4.47. The number of unbranched alkanes of at least 4 members (excludes halogenated alkanes) is 2. The van der Waals surface area contributed by atoms with E-state index < -0.39 is 0 Å². The molecule has 4 nitrogen and oxygen atoms in total. The molecule has 1 saturated carbocycles. The van der Waals surface area contributed by atoms with Crippen LogP contribution in [0.25, 0.3) is 0 Å². The van der Waals surface area contributed by atoms with E-state index in [0.717, 1.165) is 25.7 Å². The molecule has 0 heterocycles. The largest absolute Gasteiger partial charge is 0.465 e. The Morgan fingerprint density at radius 3 is 2.67 bits per heavy atom. The summed E-state index contributed by atoms with van der Waals surface area (Å²) in [4.78, 5) is 25.1. The molecule has 100 valence electrons. The molecule has 1 rings (SSSR count). The Balaban J connectivity index is 2.34. The van der Waals surface area contributed by atoms with Crippen LogP contribution in [0.2, 0.25) is 0 Å². The normalized spacial score (nSPS) is 13.8. The number of esters is 1. The maximum atomic E-state index is 12.0. The minimum atomic E-state index is -0.318. The van der Waals surface area contributed by atoms with Crippen LogP contribution in [0, 0.1) is 12.3 Å². The SMILES string of the molecule is C#CCCCCC(=O)N(CC(=O)OCC)C1CC1. The third-order valence-electron chi connectivity index (χ3n) is 2.87. The number of carbonyl (C=O) groups is 2. The number of amides is 1. The van der Waals surface area contributed by atoms with Crippen molar-refractivity contribution in [1.29, 1.82) is 0 Å². The Labute approximate surface area is 109 Å². The van der Waals surface area contributed by atoms with Gasteiger partial charge < -0.3 is 9.64 Å². The number of ether oxygens (including phenoxy) is 1. The highest BCUT2D eigenvalue weighted by molar-refractivity contribution is 5.82. The van der Waals surface area contributed by atoms with E-state index in [4.69, 9.17) is 11.2 Å². The van der Waals surface area contributed by atoms with Gasteiger partial charge in [0.1, 0.15) is 6.54 Å². The summed E-state index contributed by atoms with van der Waals surface area (Å²) in [5, 5.41) is 0. The molecule has 0 bridgehead atoms. The minimum absolute atomic E-state index is 0.0441. The number of hydrogen-bond acceptors (Lipinski definition) is 3. The van der Waals surface area contributed by atoms with E-state index in [2.05, 4.69) is 5.92 Å². The van der Waals surface area contributed by atoms with Crippen molar-refractivity contribution in [3.05, 3.63) is 0 Å². The molecule has 0 aromatic heterocycles. The van der Waals surface area contributed by atoms with Crippen molar-refractivity contribution in [2.24, 2.45) is 0 Å². The Morgan fingerprint density at radius 2 is 2.11 bits per heavy atom. The van der Waals surface area contributed by atoms with E-state index in [1.165, 1.54) is 0 Å². The van der Waals surface area contributed by atoms with Gasteiger partial charge >= 0.3 is 5.97 Å². The molecule has 0 aromatic rings. The highest BCUT2D eigenvalue weighted by Gasteiger charge is 2.33. The van der Waals surface area contributed by atoms with Crippen molar-refractivity contribution in [2.45, 2.75) is 51.5 Å². The first-order valence-corrected chi connectivity index (χ1v) is 6.57. The molecule has 1 aliphatic rings. The Hall–Kier alpha value is -1.50. The first kappa shape index (κ1) is 14.6. The van der Waals surface area contributed by atoms with E-state index in [1.807, 2.05) is 0 Å². The van der Waals surface area contributed by atoms with Crippen LogP contribution in [0.15, 0.2) is 0 Å². The zero-order valence-corrected chi connectivity index (χ0v) is 11.0. The summed E-state index contributed by atoms with van der Waals surface area (Å²) < 4.78 is 4.88. The zero-order chi connectivity index (χ0) is 13.4. The Bertz CT molecular complexity index is 328. The van der Waals surface area contributed by atoms with Crippen LogP contribution in [0.5, 0.6) is 0 Å². The van der Waals surface area contributed by atoms with Crippen LogP contribution >= 0.6 is 0 Å². The van der Waals surface area contributed by atoms with Gasteiger partial charge in [0.2, 0.25) is 5.91 Å². The fourth-order valence-electron chi connectivity index (χ4n) is 1.80. The van der Waals surface area contributed by atoms with Gasteiger partial charge in [-0.25, -0.2) is 0 Å². The predicted octanol–water partition coefficient (Wildman–Crippen LogP) is 1.73. The molecule has 0 unspecified atom stereocenters. The molecule has 0 saturated heterocycles. The highest BCUT2D eigenvalue weighted by Crippen LogP contribution is 2.27. The smallest absolute Gasteiger partial charge is 0.325 e. The van der Waals surface area contributed by atoms with Gasteiger partial charge in [-0.2, -0.15) is 0 Å². The van der Waals surface area contributed by atoms with E-state index >= 15 is 0 Å².